The van der Waals surface area contributed by atoms with E-state index in [9.17, 15) is 4.79 Å². The minimum atomic E-state index is -0.852. The average Bonchev–Trinajstić information content (AvgIpc) is 2.54. The van der Waals surface area contributed by atoms with Crippen molar-refractivity contribution in [2.75, 3.05) is 26.4 Å². The zero-order chi connectivity index (χ0) is 9.73. The highest BCUT2D eigenvalue weighted by molar-refractivity contribution is 5.86. The minimum absolute atomic E-state index is 0.0777. The molecule has 0 aromatic heterocycles. The number of rotatable bonds is 4. The Morgan fingerprint density at radius 2 is 2.46 bits per heavy atom. The van der Waals surface area contributed by atoms with E-state index in [1.54, 1.807) is 0 Å². The molecule has 1 atom stereocenters. The summed E-state index contributed by atoms with van der Waals surface area (Å²) < 4.78 is 5.05. The molecule has 0 aliphatic carbocycles. The van der Waals surface area contributed by atoms with Crippen LogP contribution in [0.3, 0.4) is 0 Å². The van der Waals surface area contributed by atoms with Crippen LogP contribution < -0.4 is 11.1 Å². The predicted molar refractivity (Wildman–Crippen MR) is 47.1 cm³/mol. The summed E-state index contributed by atoms with van der Waals surface area (Å²) in [5.74, 6) is -0.182. The van der Waals surface area contributed by atoms with Crippen LogP contribution >= 0.6 is 0 Å². The summed E-state index contributed by atoms with van der Waals surface area (Å²) in [4.78, 5) is 11.4. The van der Waals surface area contributed by atoms with Crippen molar-refractivity contribution < 1.29 is 14.6 Å². The molecule has 4 N–H and O–H groups in total. The van der Waals surface area contributed by atoms with Gasteiger partial charge in [0.2, 0.25) is 5.91 Å². The number of carbonyl (C=O) groups excluding carboxylic acids is 1. The number of carbonyl (C=O) groups is 1. The maximum absolute atomic E-state index is 11.4. The third kappa shape index (κ3) is 2.65. The Labute approximate surface area is 77.2 Å². The van der Waals surface area contributed by atoms with Crippen molar-refractivity contribution in [1.82, 2.24) is 5.32 Å². The molecule has 1 rings (SSSR count). The second kappa shape index (κ2) is 4.55. The lowest BCUT2D eigenvalue weighted by molar-refractivity contribution is -0.126. The first-order valence-electron chi connectivity index (χ1n) is 4.45. The van der Waals surface area contributed by atoms with Gasteiger partial charge in [-0.15, -0.1) is 0 Å². The summed E-state index contributed by atoms with van der Waals surface area (Å²) in [5, 5.41) is 11.2. The molecule has 0 saturated carbocycles. The van der Waals surface area contributed by atoms with Gasteiger partial charge in [-0.25, -0.2) is 0 Å². The number of aliphatic hydroxyl groups excluding tert-OH is 1. The van der Waals surface area contributed by atoms with Crippen LogP contribution in [-0.2, 0) is 9.53 Å². The van der Waals surface area contributed by atoms with E-state index in [4.69, 9.17) is 15.6 Å². The van der Waals surface area contributed by atoms with Gasteiger partial charge in [-0.3, -0.25) is 4.79 Å². The van der Waals surface area contributed by atoms with Crippen molar-refractivity contribution in [2.24, 2.45) is 5.73 Å². The molecule has 76 valence electrons. The van der Waals surface area contributed by atoms with Crippen LogP contribution in [0.2, 0.25) is 0 Å². The lowest BCUT2D eigenvalue weighted by Crippen LogP contribution is -2.54. The summed E-state index contributed by atoms with van der Waals surface area (Å²) in [6.45, 7) is 1.38. The van der Waals surface area contributed by atoms with Crippen molar-refractivity contribution in [3.63, 3.8) is 0 Å². The molecule has 0 spiro atoms. The van der Waals surface area contributed by atoms with Gasteiger partial charge in [0.25, 0.3) is 0 Å². The number of aliphatic hydroxyl groups is 1. The van der Waals surface area contributed by atoms with Gasteiger partial charge in [0.15, 0.2) is 0 Å². The molecule has 5 heteroatoms. The molecule has 13 heavy (non-hydrogen) atoms. The van der Waals surface area contributed by atoms with Crippen LogP contribution in [0, 0.1) is 0 Å². The van der Waals surface area contributed by atoms with Gasteiger partial charge in [0, 0.05) is 19.8 Å². The van der Waals surface area contributed by atoms with Crippen molar-refractivity contribution in [2.45, 2.75) is 18.4 Å². The van der Waals surface area contributed by atoms with Crippen LogP contribution in [0.4, 0.5) is 0 Å². The Morgan fingerprint density at radius 1 is 1.69 bits per heavy atom. The van der Waals surface area contributed by atoms with E-state index in [1.165, 1.54) is 0 Å². The van der Waals surface area contributed by atoms with Crippen molar-refractivity contribution in [3.8, 4) is 0 Å². The molecule has 1 heterocycles. The first-order chi connectivity index (χ1) is 6.19. The zero-order valence-electron chi connectivity index (χ0n) is 7.58. The summed E-state index contributed by atoms with van der Waals surface area (Å²) in [6, 6.07) is 0. The van der Waals surface area contributed by atoms with Gasteiger partial charge in [0.05, 0.1) is 6.61 Å². The van der Waals surface area contributed by atoms with Gasteiger partial charge in [-0.2, -0.15) is 0 Å². The van der Waals surface area contributed by atoms with E-state index in [-0.39, 0.29) is 19.1 Å². The fourth-order valence-corrected chi connectivity index (χ4v) is 1.22. The highest BCUT2D eigenvalue weighted by Crippen LogP contribution is 2.14. The summed E-state index contributed by atoms with van der Waals surface area (Å²) in [6.07, 6.45) is 1.13. The molecule has 1 amide bonds. The standard InChI is InChI=1S/C8H16N2O3/c9-8(2-5-13-6-8)7(12)10-3-1-4-11/h11H,1-6,9H2,(H,10,12). The Morgan fingerprint density at radius 3 is 3.00 bits per heavy atom. The van der Waals surface area contributed by atoms with E-state index in [0.717, 1.165) is 0 Å². The maximum Gasteiger partial charge on any atom is 0.242 e. The summed E-state index contributed by atoms with van der Waals surface area (Å²) in [7, 11) is 0. The first-order valence-corrected chi connectivity index (χ1v) is 4.45. The zero-order valence-corrected chi connectivity index (χ0v) is 7.58. The van der Waals surface area contributed by atoms with Crippen molar-refractivity contribution in [1.29, 1.82) is 0 Å². The van der Waals surface area contributed by atoms with Crippen LogP contribution in [0.5, 0.6) is 0 Å². The highest BCUT2D eigenvalue weighted by Gasteiger charge is 2.37. The largest absolute Gasteiger partial charge is 0.396 e. The number of hydrogen-bond donors (Lipinski definition) is 3. The van der Waals surface area contributed by atoms with Crippen LogP contribution in [0.1, 0.15) is 12.8 Å². The second-order valence-corrected chi connectivity index (χ2v) is 3.29. The highest BCUT2D eigenvalue weighted by atomic mass is 16.5. The van der Waals surface area contributed by atoms with E-state index < -0.39 is 5.54 Å². The maximum atomic E-state index is 11.4. The van der Waals surface area contributed by atoms with Crippen LogP contribution in [0.15, 0.2) is 0 Å². The van der Waals surface area contributed by atoms with E-state index in [1.807, 2.05) is 0 Å². The molecule has 1 unspecified atom stereocenters. The predicted octanol–water partition coefficient (Wildman–Crippen LogP) is -1.40. The Bertz CT molecular complexity index is 178. The molecular weight excluding hydrogens is 172 g/mol. The average molecular weight is 188 g/mol. The van der Waals surface area contributed by atoms with E-state index in [0.29, 0.717) is 26.0 Å². The Kier molecular flexibility index (Phi) is 3.65. The fraction of sp³-hybridized carbons (Fsp3) is 0.875. The molecule has 5 nitrogen and oxygen atoms in total. The number of nitrogens with two attached hydrogens (primary N) is 1. The van der Waals surface area contributed by atoms with Crippen molar-refractivity contribution in [3.05, 3.63) is 0 Å². The second-order valence-electron chi connectivity index (χ2n) is 3.29. The number of nitrogens with one attached hydrogen (secondary N) is 1. The summed E-state index contributed by atoms with van der Waals surface area (Å²) >= 11 is 0. The quantitative estimate of drug-likeness (QED) is 0.474. The molecule has 0 bridgehead atoms. The van der Waals surface area contributed by atoms with Gasteiger partial charge in [-0.05, 0) is 12.8 Å². The third-order valence-corrected chi connectivity index (χ3v) is 2.12. The normalized spacial score (nSPS) is 27.5. The number of hydrogen-bond acceptors (Lipinski definition) is 4. The van der Waals surface area contributed by atoms with Gasteiger partial charge in [-0.1, -0.05) is 0 Å². The van der Waals surface area contributed by atoms with Gasteiger partial charge in [0.1, 0.15) is 5.54 Å². The van der Waals surface area contributed by atoms with E-state index >= 15 is 0 Å². The topological polar surface area (TPSA) is 84.6 Å². The minimum Gasteiger partial charge on any atom is -0.396 e. The van der Waals surface area contributed by atoms with Gasteiger partial charge >= 0.3 is 0 Å². The van der Waals surface area contributed by atoms with Crippen LogP contribution in [0.25, 0.3) is 0 Å². The third-order valence-electron chi connectivity index (χ3n) is 2.12. The first kappa shape index (κ1) is 10.4. The summed E-state index contributed by atoms with van der Waals surface area (Å²) in [5.41, 5.74) is 4.93. The Balaban J connectivity index is 2.29. The van der Waals surface area contributed by atoms with E-state index in [2.05, 4.69) is 5.32 Å². The monoisotopic (exact) mass is 188 g/mol. The van der Waals surface area contributed by atoms with Crippen LogP contribution in [-0.4, -0.2) is 42.9 Å². The molecule has 1 fully saturated rings. The molecule has 0 aromatic carbocycles. The molecule has 1 aliphatic rings. The van der Waals surface area contributed by atoms with Gasteiger partial charge < -0.3 is 20.9 Å². The Hall–Kier alpha value is -0.650. The van der Waals surface area contributed by atoms with Crippen molar-refractivity contribution >= 4 is 5.91 Å². The number of amides is 1. The fourth-order valence-electron chi connectivity index (χ4n) is 1.22. The number of ether oxygens (including phenoxy) is 1. The SMILES string of the molecule is NC1(C(=O)NCCCO)CCOC1. The molecular formula is C8H16N2O3. The molecule has 1 saturated heterocycles. The lowest BCUT2D eigenvalue weighted by atomic mass is 9.99. The molecule has 0 aromatic rings. The molecule has 1 aliphatic heterocycles. The smallest absolute Gasteiger partial charge is 0.242 e. The molecule has 0 radical (unpaired) electrons. The lowest BCUT2D eigenvalue weighted by Gasteiger charge is -2.20.